The SMILES string of the molecule is N#CC(c1ccccc1)C1CCCN1C(=O)C1OCCc2ccccc21. The highest BCUT2D eigenvalue weighted by Crippen LogP contribution is 2.35. The molecule has 2 aromatic carbocycles. The van der Waals surface area contributed by atoms with Crippen molar-refractivity contribution in [2.75, 3.05) is 13.2 Å². The highest BCUT2D eigenvalue weighted by Gasteiger charge is 2.40. The lowest BCUT2D eigenvalue weighted by atomic mass is 9.90. The fourth-order valence-electron chi connectivity index (χ4n) is 4.20. The Morgan fingerprint density at radius 3 is 2.73 bits per heavy atom. The Morgan fingerprint density at radius 1 is 1.15 bits per heavy atom. The van der Waals surface area contributed by atoms with Crippen LogP contribution in [-0.4, -0.2) is 30.0 Å². The van der Waals surface area contributed by atoms with Crippen LogP contribution in [0.3, 0.4) is 0 Å². The minimum atomic E-state index is -0.546. The number of hydrogen-bond donors (Lipinski definition) is 0. The molecule has 4 heteroatoms. The van der Waals surface area contributed by atoms with Gasteiger partial charge in [0, 0.05) is 6.54 Å². The highest BCUT2D eigenvalue weighted by atomic mass is 16.5. The van der Waals surface area contributed by atoms with E-state index in [0.717, 1.165) is 30.4 Å². The van der Waals surface area contributed by atoms with E-state index in [-0.39, 0.29) is 17.9 Å². The Kier molecular flexibility index (Phi) is 4.73. The first kappa shape index (κ1) is 16.8. The Hall–Kier alpha value is -2.64. The second kappa shape index (κ2) is 7.31. The molecule has 0 aromatic heterocycles. The molecule has 1 fully saturated rings. The van der Waals surface area contributed by atoms with Gasteiger partial charge in [0.05, 0.1) is 24.6 Å². The summed E-state index contributed by atoms with van der Waals surface area (Å²) < 4.78 is 5.87. The zero-order valence-corrected chi connectivity index (χ0v) is 14.7. The normalized spacial score (nSPS) is 23.1. The third-order valence-electron chi connectivity index (χ3n) is 5.48. The quantitative estimate of drug-likeness (QED) is 0.853. The molecule has 4 rings (SSSR count). The van der Waals surface area contributed by atoms with Crippen molar-refractivity contribution < 1.29 is 9.53 Å². The third kappa shape index (κ3) is 3.00. The van der Waals surface area contributed by atoms with Gasteiger partial charge in [0.2, 0.25) is 0 Å². The Balaban J connectivity index is 1.61. The summed E-state index contributed by atoms with van der Waals surface area (Å²) in [5.74, 6) is -0.308. The molecule has 26 heavy (non-hydrogen) atoms. The van der Waals surface area contributed by atoms with E-state index < -0.39 is 6.10 Å². The Bertz CT molecular complexity index is 828. The van der Waals surface area contributed by atoms with Crippen LogP contribution in [-0.2, 0) is 16.0 Å². The van der Waals surface area contributed by atoms with Crippen LogP contribution < -0.4 is 0 Å². The van der Waals surface area contributed by atoms with Crippen molar-refractivity contribution in [2.45, 2.75) is 37.3 Å². The molecule has 0 radical (unpaired) electrons. The fourth-order valence-corrected chi connectivity index (χ4v) is 4.20. The van der Waals surface area contributed by atoms with Gasteiger partial charge in [0.15, 0.2) is 6.10 Å². The van der Waals surface area contributed by atoms with Gasteiger partial charge in [0.1, 0.15) is 0 Å². The molecule has 0 saturated carbocycles. The number of fused-ring (bicyclic) bond motifs is 1. The largest absolute Gasteiger partial charge is 0.363 e. The smallest absolute Gasteiger partial charge is 0.256 e. The zero-order chi connectivity index (χ0) is 17.9. The topological polar surface area (TPSA) is 53.3 Å². The molecule has 1 amide bonds. The number of benzene rings is 2. The molecule has 132 valence electrons. The van der Waals surface area contributed by atoms with Crippen LogP contribution in [0, 0.1) is 11.3 Å². The van der Waals surface area contributed by atoms with E-state index in [1.54, 1.807) is 0 Å². The molecule has 0 aliphatic carbocycles. The number of ether oxygens (including phenoxy) is 1. The summed E-state index contributed by atoms with van der Waals surface area (Å²) in [7, 11) is 0. The van der Waals surface area contributed by atoms with E-state index in [1.807, 2.05) is 53.4 Å². The molecule has 2 aliphatic rings. The Morgan fingerprint density at radius 2 is 1.92 bits per heavy atom. The van der Waals surface area contributed by atoms with Crippen molar-refractivity contribution in [1.29, 1.82) is 5.26 Å². The molecule has 3 atom stereocenters. The van der Waals surface area contributed by atoms with Crippen LogP contribution in [0.25, 0.3) is 0 Å². The van der Waals surface area contributed by atoms with E-state index in [2.05, 4.69) is 12.1 Å². The maximum Gasteiger partial charge on any atom is 0.256 e. The number of carbonyl (C=O) groups is 1. The number of carbonyl (C=O) groups excluding carboxylic acids is 1. The van der Waals surface area contributed by atoms with Gasteiger partial charge in [0.25, 0.3) is 5.91 Å². The third-order valence-corrected chi connectivity index (χ3v) is 5.48. The first-order valence-electron chi connectivity index (χ1n) is 9.24. The summed E-state index contributed by atoms with van der Waals surface area (Å²) in [4.78, 5) is 15.2. The first-order chi connectivity index (χ1) is 12.8. The summed E-state index contributed by atoms with van der Waals surface area (Å²) in [6, 6.07) is 20.1. The van der Waals surface area contributed by atoms with E-state index in [4.69, 9.17) is 4.74 Å². The number of likely N-dealkylation sites (tertiary alicyclic amines) is 1. The lowest BCUT2D eigenvalue weighted by Crippen LogP contribution is -2.43. The number of nitriles is 1. The van der Waals surface area contributed by atoms with Crippen molar-refractivity contribution in [3.63, 3.8) is 0 Å². The number of amides is 1. The van der Waals surface area contributed by atoms with Crippen molar-refractivity contribution in [1.82, 2.24) is 4.90 Å². The lowest BCUT2D eigenvalue weighted by Gasteiger charge is -2.33. The van der Waals surface area contributed by atoms with Gasteiger partial charge in [-0.05, 0) is 36.0 Å². The predicted molar refractivity (Wildman–Crippen MR) is 98.4 cm³/mol. The molecule has 0 N–H and O–H groups in total. The van der Waals surface area contributed by atoms with Crippen LogP contribution in [0.15, 0.2) is 54.6 Å². The van der Waals surface area contributed by atoms with Gasteiger partial charge in [-0.25, -0.2) is 0 Å². The van der Waals surface area contributed by atoms with Crippen LogP contribution in [0.1, 0.15) is 41.6 Å². The minimum absolute atomic E-state index is 0.00386. The molecule has 1 saturated heterocycles. The molecule has 2 heterocycles. The van der Waals surface area contributed by atoms with Gasteiger partial charge in [-0.3, -0.25) is 4.79 Å². The van der Waals surface area contributed by atoms with Crippen molar-refractivity contribution in [2.24, 2.45) is 0 Å². The summed E-state index contributed by atoms with van der Waals surface area (Å²) in [6.07, 6.45) is 2.08. The summed E-state index contributed by atoms with van der Waals surface area (Å²) >= 11 is 0. The number of hydrogen-bond acceptors (Lipinski definition) is 3. The average molecular weight is 346 g/mol. The van der Waals surface area contributed by atoms with Gasteiger partial charge >= 0.3 is 0 Å². The lowest BCUT2D eigenvalue weighted by molar-refractivity contribution is -0.146. The predicted octanol–water partition coefficient (Wildman–Crippen LogP) is 3.60. The average Bonchev–Trinajstić information content (AvgIpc) is 3.18. The van der Waals surface area contributed by atoms with Crippen LogP contribution in [0.5, 0.6) is 0 Å². The molecule has 3 unspecified atom stereocenters. The van der Waals surface area contributed by atoms with Crippen LogP contribution >= 0.6 is 0 Å². The van der Waals surface area contributed by atoms with Crippen molar-refractivity contribution >= 4 is 5.91 Å². The Labute approximate surface area is 154 Å². The van der Waals surface area contributed by atoms with Crippen LogP contribution in [0.4, 0.5) is 0 Å². The number of nitrogens with zero attached hydrogens (tertiary/aromatic N) is 2. The minimum Gasteiger partial charge on any atom is -0.363 e. The number of rotatable bonds is 3. The molecule has 4 nitrogen and oxygen atoms in total. The molecule has 2 aromatic rings. The zero-order valence-electron chi connectivity index (χ0n) is 14.7. The van der Waals surface area contributed by atoms with Crippen molar-refractivity contribution in [3.05, 3.63) is 71.3 Å². The second-order valence-corrected chi connectivity index (χ2v) is 6.96. The molecule has 0 bridgehead atoms. The van der Waals surface area contributed by atoms with E-state index in [9.17, 15) is 10.1 Å². The maximum atomic E-state index is 13.3. The monoisotopic (exact) mass is 346 g/mol. The molecular weight excluding hydrogens is 324 g/mol. The van der Waals surface area contributed by atoms with Gasteiger partial charge in [-0.2, -0.15) is 5.26 Å². The van der Waals surface area contributed by atoms with E-state index in [1.165, 1.54) is 5.56 Å². The standard InChI is InChI=1S/C22H22N2O2/c23-15-19(16-7-2-1-3-8-16)20-11-6-13-24(20)22(25)21-18-10-5-4-9-17(18)12-14-26-21/h1-5,7-10,19-21H,6,11-14H2. The molecular formula is C22H22N2O2. The molecule has 2 aliphatic heterocycles. The maximum absolute atomic E-state index is 13.3. The van der Waals surface area contributed by atoms with Crippen LogP contribution in [0.2, 0.25) is 0 Å². The summed E-state index contributed by atoms with van der Waals surface area (Å²) in [5, 5.41) is 9.79. The summed E-state index contributed by atoms with van der Waals surface area (Å²) in [6.45, 7) is 1.25. The molecule has 0 spiro atoms. The van der Waals surface area contributed by atoms with Gasteiger partial charge < -0.3 is 9.64 Å². The van der Waals surface area contributed by atoms with Gasteiger partial charge in [-0.1, -0.05) is 54.6 Å². The van der Waals surface area contributed by atoms with E-state index in [0.29, 0.717) is 13.2 Å². The fraction of sp³-hybridized carbons (Fsp3) is 0.364. The highest BCUT2D eigenvalue weighted by molar-refractivity contribution is 5.83. The first-order valence-corrected chi connectivity index (χ1v) is 9.24. The van der Waals surface area contributed by atoms with Crippen molar-refractivity contribution in [3.8, 4) is 6.07 Å². The second-order valence-electron chi connectivity index (χ2n) is 6.96. The van der Waals surface area contributed by atoms with E-state index >= 15 is 0 Å². The summed E-state index contributed by atoms with van der Waals surface area (Å²) in [5.41, 5.74) is 3.14. The van der Waals surface area contributed by atoms with Gasteiger partial charge in [-0.15, -0.1) is 0 Å².